The van der Waals surface area contributed by atoms with Gasteiger partial charge in [0.2, 0.25) is 0 Å². The summed E-state index contributed by atoms with van der Waals surface area (Å²) < 4.78 is 2.07. The summed E-state index contributed by atoms with van der Waals surface area (Å²) >= 11 is 6.13. The Hall–Kier alpha value is -2.33. The molecule has 4 nitrogen and oxygen atoms in total. The second kappa shape index (κ2) is 5.81. The van der Waals surface area contributed by atoms with Crippen LogP contribution in [0.4, 0.5) is 5.82 Å². The maximum Gasteiger partial charge on any atom is 0.129 e. The SMILES string of the molecule is CNc1cc(-c2cc(-c3cc(Cl)ccc3C)cn2C)ncn1. The van der Waals surface area contributed by atoms with Gasteiger partial charge in [0.1, 0.15) is 12.1 Å². The van der Waals surface area contributed by atoms with Crippen molar-refractivity contribution in [2.75, 3.05) is 12.4 Å². The number of aryl methyl sites for hydroxylation is 2. The Balaban J connectivity index is 2.09. The summed E-state index contributed by atoms with van der Waals surface area (Å²) in [6.07, 6.45) is 3.66. The van der Waals surface area contributed by atoms with Gasteiger partial charge in [0.05, 0.1) is 11.4 Å². The first-order valence-corrected chi connectivity index (χ1v) is 7.39. The molecule has 0 bridgehead atoms. The topological polar surface area (TPSA) is 42.7 Å². The summed E-state index contributed by atoms with van der Waals surface area (Å²) in [7, 11) is 3.86. The van der Waals surface area contributed by atoms with Gasteiger partial charge in [0.15, 0.2) is 0 Å². The highest BCUT2D eigenvalue weighted by molar-refractivity contribution is 6.30. The molecule has 0 fully saturated rings. The predicted molar refractivity (Wildman–Crippen MR) is 91.2 cm³/mol. The monoisotopic (exact) mass is 312 g/mol. The number of benzene rings is 1. The van der Waals surface area contributed by atoms with Gasteiger partial charge in [-0.25, -0.2) is 9.97 Å². The van der Waals surface area contributed by atoms with Crippen molar-refractivity contribution >= 4 is 17.4 Å². The Kier molecular flexibility index (Phi) is 3.86. The molecular formula is C17H17ClN4. The Morgan fingerprint density at radius 3 is 2.73 bits per heavy atom. The first kappa shape index (κ1) is 14.6. The zero-order valence-corrected chi connectivity index (χ0v) is 13.5. The molecule has 0 aliphatic carbocycles. The molecule has 5 heteroatoms. The van der Waals surface area contributed by atoms with E-state index in [1.165, 1.54) is 5.56 Å². The van der Waals surface area contributed by atoms with Crippen molar-refractivity contribution in [2.45, 2.75) is 6.92 Å². The van der Waals surface area contributed by atoms with Crippen molar-refractivity contribution in [1.29, 1.82) is 0 Å². The zero-order chi connectivity index (χ0) is 15.7. The zero-order valence-electron chi connectivity index (χ0n) is 12.8. The van der Waals surface area contributed by atoms with Crippen LogP contribution in [0.1, 0.15) is 5.56 Å². The summed E-state index contributed by atoms with van der Waals surface area (Å²) in [4.78, 5) is 8.52. The van der Waals surface area contributed by atoms with Crippen LogP contribution in [-0.2, 0) is 7.05 Å². The highest BCUT2D eigenvalue weighted by Crippen LogP contribution is 2.31. The molecule has 1 N–H and O–H groups in total. The van der Waals surface area contributed by atoms with Crippen LogP contribution >= 0.6 is 11.6 Å². The lowest BCUT2D eigenvalue weighted by Gasteiger charge is -2.04. The molecular weight excluding hydrogens is 296 g/mol. The molecule has 2 heterocycles. The van der Waals surface area contributed by atoms with Crippen molar-refractivity contribution in [1.82, 2.24) is 14.5 Å². The number of hydrogen-bond donors (Lipinski definition) is 1. The quantitative estimate of drug-likeness (QED) is 0.790. The average molecular weight is 313 g/mol. The van der Waals surface area contributed by atoms with Gasteiger partial charge in [-0.3, -0.25) is 0 Å². The Morgan fingerprint density at radius 1 is 1.14 bits per heavy atom. The first-order valence-electron chi connectivity index (χ1n) is 7.01. The van der Waals surface area contributed by atoms with Crippen LogP contribution in [0.3, 0.4) is 0 Å². The first-order chi connectivity index (χ1) is 10.6. The lowest BCUT2D eigenvalue weighted by molar-refractivity contribution is 0.929. The molecule has 3 rings (SSSR count). The van der Waals surface area contributed by atoms with E-state index < -0.39 is 0 Å². The van der Waals surface area contributed by atoms with Crippen molar-refractivity contribution in [3.05, 3.63) is 53.4 Å². The molecule has 0 radical (unpaired) electrons. The van der Waals surface area contributed by atoms with Gasteiger partial charge in [0.25, 0.3) is 0 Å². The molecule has 0 saturated heterocycles. The molecule has 112 valence electrons. The maximum absolute atomic E-state index is 6.13. The molecule has 0 unspecified atom stereocenters. The van der Waals surface area contributed by atoms with Gasteiger partial charge in [-0.2, -0.15) is 0 Å². The molecule has 0 aliphatic heterocycles. The van der Waals surface area contributed by atoms with E-state index in [1.54, 1.807) is 6.33 Å². The minimum atomic E-state index is 0.741. The second-order valence-corrected chi connectivity index (χ2v) is 5.66. The molecule has 2 aromatic heterocycles. The third-order valence-electron chi connectivity index (χ3n) is 3.70. The molecule has 0 aliphatic rings. The molecule has 22 heavy (non-hydrogen) atoms. The third kappa shape index (κ3) is 2.70. The number of aromatic nitrogens is 3. The van der Waals surface area contributed by atoms with Gasteiger partial charge < -0.3 is 9.88 Å². The Bertz CT molecular complexity index is 823. The van der Waals surface area contributed by atoms with Gasteiger partial charge in [-0.15, -0.1) is 0 Å². The van der Waals surface area contributed by atoms with Crippen LogP contribution in [0.15, 0.2) is 42.9 Å². The van der Waals surface area contributed by atoms with Crippen molar-refractivity contribution in [3.8, 4) is 22.5 Å². The minimum Gasteiger partial charge on any atom is -0.373 e. The van der Waals surface area contributed by atoms with Gasteiger partial charge >= 0.3 is 0 Å². The van der Waals surface area contributed by atoms with Crippen molar-refractivity contribution in [3.63, 3.8) is 0 Å². The number of hydrogen-bond acceptors (Lipinski definition) is 3. The van der Waals surface area contributed by atoms with E-state index in [0.717, 1.165) is 33.4 Å². The fraction of sp³-hybridized carbons (Fsp3) is 0.176. The van der Waals surface area contributed by atoms with Crippen LogP contribution in [0.2, 0.25) is 5.02 Å². The Labute approximate surface area is 134 Å². The van der Waals surface area contributed by atoms with E-state index in [1.807, 2.05) is 38.4 Å². The summed E-state index contributed by atoms with van der Waals surface area (Å²) in [5, 5.41) is 3.78. The van der Waals surface area contributed by atoms with Crippen LogP contribution < -0.4 is 5.32 Å². The Morgan fingerprint density at radius 2 is 1.95 bits per heavy atom. The van der Waals surface area contributed by atoms with Crippen LogP contribution in [0.25, 0.3) is 22.5 Å². The molecule has 0 atom stereocenters. The molecule has 1 aromatic carbocycles. The molecule has 0 saturated carbocycles. The standard InChI is InChI=1S/C17H17ClN4/c1-11-4-5-13(18)7-14(11)12-6-16(22(3)9-12)15-8-17(19-2)21-10-20-15/h4-10H,1-3H3,(H,19,20,21). The number of halogens is 1. The number of nitrogens with one attached hydrogen (secondary N) is 1. The minimum absolute atomic E-state index is 0.741. The number of nitrogens with zero attached hydrogens (tertiary/aromatic N) is 3. The van der Waals surface area contributed by atoms with Crippen LogP contribution in [0.5, 0.6) is 0 Å². The lowest BCUT2D eigenvalue weighted by atomic mass is 10.0. The van der Waals surface area contributed by atoms with E-state index in [-0.39, 0.29) is 0 Å². The second-order valence-electron chi connectivity index (χ2n) is 5.22. The normalized spacial score (nSPS) is 10.7. The number of anilines is 1. The van der Waals surface area contributed by atoms with Crippen molar-refractivity contribution in [2.24, 2.45) is 7.05 Å². The molecule has 0 amide bonds. The van der Waals surface area contributed by atoms with Crippen molar-refractivity contribution < 1.29 is 0 Å². The summed E-state index contributed by atoms with van der Waals surface area (Å²) in [6.45, 7) is 2.09. The summed E-state index contributed by atoms with van der Waals surface area (Å²) in [5.41, 5.74) is 5.38. The van der Waals surface area contributed by atoms with E-state index >= 15 is 0 Å². The molecule has 3 aromatic rings. The van der Waals surface area contributed by atoms with Gasteiger partial charge in [-0.05, 0) is 36.2 Å². The van der Waals surface area contributed by atoms with Gasteiger partial charge in [0, 0.05) is 36.9 Å². The smallest absolute Gasteiger partial charge is 0.129 e. The third-order valence-corrected chi connectivity index (χ3v) is 3.94. The fourth-order valence-electron chi connectivity index (χ4n) is 2.51. The van der Waals surface area contributed by atoms with E-state index in [9.17, 15) is 0 Å². The van der Waals surface area contributed by atoms with E-state index in [0.29, 0.717) is 0 Å². The van der Waals surface area contributed by atoms with Crippen LogP contribution in [-0.4, -0.2) is 21.6 Å². The highest BCUT2D eigenvalue weighted by Gasteiger charge is 2.11. The van der Waals surface area contributed by atoms with E-state index in [4.69, 9.17) is 11.6 Å². The largest absolute Gasteiger partial charge is 0.373 e. The average Bonchev–Trinajstić information content (AvgIpc) is 2.91. The molecule has 0 spiro atoms. The number of rotatable bonds is 3. The maximum atomic E-state index is 6.13. The van der Waals surface area contributed by atoms with Crippen LogP contribution in [0, 0.1) is 6.92 Å². The van der Waals surface area contributed by atoms with E-state index in [2.05, 4.69) is 39.0 Å². The summed E-state index contributed by atoms with van der Waals surface area (Å²) in [6, 6.07) is 10.0. The fourth-order valence-corrected chi connectivity index (χ4v) is 2.68. The highest BCUT2D eigenvalue weighted by atomic mass is 35.5. The predicted octanol–water partition coefficient (Wildman–Crippen LogP) is 4.15. The lowest BCUT2D eigenvalue weighted by Crippen LogP contribution is -1.96. The van der Waals surface area contributed by atoms with Gasteiger partial charge in [-0.1, -0.05) is 17.7 Å². The summed E-state index contributed by atoms with van der Waals surface area (Å²) in [5.74, 6) is 0.798.